The van der Waals surface area contributed by atoms with Crippen molar-refractivity contribution in [3.8, 4) is 22.4 Å². The van der Waals surface area contributed by atoms with Gasteiger partial charge in [0, 0.05) is 33.5 Å². The Balaban J connectivity index is 1.42. The Bertz CT molecular complexity index is 2240. The number of hydrogen-bond acceptors (Lipinski definition) is 1. The number of nitrogens with zero attached hydrogens (tertiary/aromatic N) is 1. The van der Waals surface area contributed by atoms with Crippen molar-refractivity contribution in [1.29, 1.82) is 0 Å². The maximum atomic E-state index is 5.72. The Labute approximate surface area is 345 Å². The highest BCUT2D eigenvalue weighted by Crippen LogP contribution is 2.44. The Morgan fingerprint density at radius 1 is 0.561 bits per heavy atom. The summed E-state index contributed by atoms with van der Waals surface area (Å²) in [5.74, 6) is 0.887. The van der Waals surface area contributed by atoms with Gasteiger partial charge >= 0.3 is 0 Å². The van der Waals surface area contributed by atoms with E-state index in [2.05, 4.69) is 172 Å². The van der Waals surface area contributed by atoms with Crippen LogP contribution in [0.3, 0.4) is 0 Å². The topological polar surface area (TPSA) is 28.1 Å². The second-order valence-corrected chi connectivity index (χ2v) is 20.5. The SMILES string of the molecule is Cc1cc2c(cc1C)C(=C(CCCCC1CCCCC1)c1[nH]c(-c3ccc(C(C)(C)C)cc3)cc1-c1ccc(C(C)(C)C)cc1)N=C2c1ccc(C(C)(C)C)cc1. The molecule has 0 bridgehead atoms. The molecule has 1 N–H and O–H groups in total. The first-order chi connectivity index (χ1) is 27.0. The summed E-state index contributed by atoms with van der Waals surface area (Å²) in [6, 6.07) is 34.9. The molecule has 2 aliphatic rings. The van der Waals surface area contributed by atoms with Crippen molar-refractivity contribution in [2.24, 2.45) is 10.9 Å². The van der Waals surface area contributed by atoms with Crippen LogP contribution in [-0.2, 0) is 16.2 Å². The van der Waals surface area contributed by atoms with E-state index in [1.807, 2.05) is 0 Å². The molecule has 298 valence electrons. The standard InChI is InChI=1S/C55H68N2/c1-36-33-47-48(34-37(36)2)52(57-50(47)41-25-31-44(32-26-41)55(9,10)11)45(20-16-15-19-38-17-13-12-14-18-38)51-46(39-21-27-42(28-22-39)53(3,4)5)35-49(56-51)40-23-29-43(30-24-40)54(6,7)8/h21-35,38,56H,12-20H2,1-11H3. The van der Waals surface area contributed by atoms with E-state index in [9.17, 15) is 0 Å². The molecule has 0 spiro atoms. The van der Waals surface area contributed by atoms with Gasteiger partial charge in [-0.15, -0.1) is 0 Å². The Kier molecular flexibility index (Phi) is 11.5. The molecule has 2 nitrogen and oxygen atoms in total. The Morgan fingerprint density at radius 2 is 1.05 bits per heavy atom. The Morgan fingerprint density at radius 3 is 1.58 bits per heavy atom. The minimum absolute atomic E-state index is 0.0880. The van der Waals surface area contributed by atoms with Crippen LogP contribution in [0.15, 0.2) is 96.0 Å². The van der Waals surface area contributed by atoms with Crippen molar-refractivity contribution in [1.82, 2.24) is 4.98 Å². The highest BCUT2D eigenvalue weighted by atomic mass is 14.8. The van der Waals surface area contributed by atoms with E-state index in [-0.39, 0.29) is 16.2 Å². The predicted molar refractivity (Wildman–Crippen MR) is 248 cm³/mol. The fraction of sp³-hybridized carbons (Fsp3) is 0.436. The second kappa shape index (κ2) is 16.1. The summed E-state index contributed by atoms with van der Waals surface area (Å²) in [6.07, 6.45) is 11.8. The van der Waals surface area contributed by atoms with Gasteiger partial charge in [-0.3, -0.25) is 0 Å². The molecule has 1 aliphatic heterocycles. The van der Waals surface area contributed by atoms with E-state index in [1.54, 1.807) is 0 Å². The van der Waals surface area contributed by atoms with E-state index in [0.29, 0.717) is 0 Å². The molecule has 4 aromatic carbocycles. The van der Waals surface area contributed by atoms with Gasteiger partial charge in [0.1, 0.15) is 0 Å². The average Bonchev–Trinajstić information content (AvgIpc) is 3.77. The number of unbranched alkanes of at least 4 members (excludes halogenated alkanes) is 1. The summed E-state index contributed by atoms with van der Waals surface area (Å²) in [7, 11) is 0. The lowest BCUT2D eigenvalue weighted by Gasteiger charge is -2.21. The van der Waals surface area contributed by atoms with Crippen LogP contribution >= 0.6 is 0 Å². The largest absolute Gasteiger partial charge is 0.354 e. The van der Waals surface area contributed by atoms with Crippen LogP contribution in [0.1, 0.15) is 170 Å². The number of aryl methyl sites for hydroxylation is 2. The fourth-order valence-corrected chi connectivity index (χ4v) is 8.97. The van der Waals surface area contributed by atoms with Crippen LogP contribution in [0.5, 0.6) is 0 Å². The van der Waals surface area contributed by atoms with Gasteiger partial charge in [0.15, 0.2) is 0 Å². The predicted octanol–water partition coefficient (Wildman–Crippen LogP) is 15.7. The Hall–Kier alpha value is -4.43. The van der Waals surface area contributed by atoms with Gasteiger partial charge in [-0.25, -0.2) is 4.99 Å². The van der Waals surface area contributed by atoms with Crippen LogP contribution in [0.4, 0.5) is 0 Å². The monoisotopic (exact) mass is 757 g/mol. The highest BCUT2D eigenvalue weighted by Gasteiger charge is 2.29. The number of rotatable bonds is 9. The second-order valence-electron chi connectivity index (χ2n) is 20.5. The summed E-state index contributed by atoms with van der Waals surface area (Å²) in [5, 5.41) is 0. The lowest BCUT2D eigenvalue weighted by molar-refractivity contribution is 0.330. The highest BCUT2D eigenvalue weighted by molar-refractivity contribution is 6.22. The van der Waals surface area contributed by atoms with Gasteiger partial charge in [-0.05, 0) is 106 Å². The number of nitrogens with one attached hydrogen (secondary N) is 1. The number of allylic oxidation sites excluding steroid dienone is 1. The van der Waals surface area contributed by atoms with Crippen molar-refractivity contribution in [3.05, 3.63) is 141 Å². The van der Waals surface area contributed by atoms with Crippen molar-refractivity contribution >= 4 is 17.0 Å². The number of aromatic nitrogens is 1. The molecule has 0 atom stereocenters. The summed E-state index contributed by atoms with van der Waals surface area (Å²) < 4.78 is 0. The zero-order valence-corrected chi connectivity index (χ0v) is 37.0. The molecule has 2 heterocycles. The van der Waals surface area contributed by atoms with Crippen LogP contribution in [0.25, 0.3) is 33.7 Å². The normalized spacial score (nSPS) is 16.2. The van der Waals surface area contributed by atoms with Gasteiger partial charge in [-0.1, -0.05) is 180 Å². The summed E-state index contributed by atoms with van der Waals surface area (Å²) in [5.41, 5.74) is 20.3. The van der Waals surface area contributed by atoms with E-state index < -0.39 is 0 Å². The summed E-state index contributed by atoms with van der Waals surface area (Å²) in [4.78, 5) is 9.80. The number of fused-ring (bicyclic) bond motifs is 1. The fourth-order valence-electron chi connectivity index (χ4n) is 8.97. The van der Waals surface area contributed by atoms with Crippen LogP contribution in [-0.4, -0.2) is 10.7 Å². The third-order valence-electron chi connectivity index (χ3n) is 12.9. The number of hydrogen-bond donors (Lipinski definition) is 1. The van der Waals surface area contributed by atoms with Crippen molar-refractivity contribution in [2.45, 2.75) is 150 Å². The van der Waals surface area contributed by atoms with Crippen LogP contribution in [0, 0.1) is 19.8 Å². The van der Waals surface area contributed by atoms with E-state index in [4.69, 9.17) is 4.99 Å². The van der Waals surface area contributed by atoms with E-state index in [0.717, 1.165) is 35.9 Å². The molecule has 0 amide bonds. The van der Waals surface area contributed by atoms with E-state index in [1.165, 1.54) is 117 Å². The molecule has 1 fully saturated rings. The first-order valence-corrected chi connectivity index (χ1v) is 22.0. The lowest BCUT2D eigenvalue weighted by atomic mass is 9.84. The van der Waals surface area contributed by atoms with Gasteiger partial charge < -0.3 is 4.98 Å². The molecular weight excluding hydrogens is 689 g/mol. The number of H-pyrrole nitrogens is 1. The first kappa shape index (κ1) is 40.8. The lowest BCUT2D eigenvalue weighted by Crippen LogP contribution is -2.11. The molecule has 2 heteroatoms. The molecule has 1 saturated carbocycles. The molecular formula is C55H68N2. The van der Waals surface area contributed by atoms with E-state index >= 15 is 0 Å². The average molecular weight is 757 g/mol. The van der Waals surface area contributed by atoms with Crippen molar-refractivity contribution < 1.29 is 0 Å². The summed E-state index contributed by atoms with van der Waals surface area (Å²) >= 11 is 0. The molecule has 5 aromatic rings. The molecule has 7 rings (SSSR count). The van der Waals surface area contributed by atoms with Gasteiger partial charge in [0.25, 0.3) is 0 Å². The maximum absolute atomic E-state index is 5.72. The number of aliphatic imine (C=N–C) groups is 1. The molecule has 57 heavy (non-hydrogen) atoms. The number of benzene rings is 4. The molecule has 1 aliphatic carbocycles. The van der Waals surface area contributed by atoms with Crippen molar-refractivity contribution in [3.63, 3.8) is 0 Å². The number of aromatic amines is 1. The smallest absolute Gasteiger partial charge is 0.0788 e. The maximum Gasteiger partial charge on any atom is 0.0788 e. The van der Waals surface area contributed by atoms with Crippen molar-refractivity contribution in [2.75, 3.05) is 0 Å². The van der Waals surface area contributed by atoms with Gasteiger partial charge in [0.2, 0.25) is 0 Å². The third-order valence-corrected chi connectivity index (χ3v) is 12.9. The van der Waals surface area contributed by atoms with Gasteiger partial charge in [-0.2, -0.15) is 0 Å². The minimum atomic E-state index is 0.0880. The zero-order valence-electron chi connectivity index (χ0n) is 37.0. The summed E-state index contributed by atoms with van der Waals surface area (Å²) in [6.45, 7) is 25.1. The first-order valence-electron chi connectivity index (χ1n) is 22.0. The molecule has 0 radical (unpaired) electrons. The van der Waals surface area contributed by atoms with Crippen LogP contribution < -0.4 is 0 Å². The third kappa shape index (κ3) is 9.01. The quantitative estimate of drug-likeness (QED) is 0.145. The molecule has 0 saturated heterocycles. The molecule has 1 aromatic heterocycles. The molecule has 0 unspecified atom stereocenters. The zero-order chi connectivity index (χ0) is 40.7. The minimum Gasteiger partial charge on any atom is -0.354 e. The van der Waals surface area contributed by atoms with Crippen LogP contribution in [0.2, 0.25) is 0 Å². The van der Waals surface area contributed by atoms with Gasteiger partial charge in [0.05, 0.1) is 17.1 Å².